The molecular weight excluding hydrogens is 216 g/mol. The van der Waals surface area contributed by atoms with Crippen molar-refractivity contribution in [3.8, 4) is 0 Å². The zero-order valence-electron chi connectivity index (χ0n) is 8.53. The summed E-state index contributed by atoms with van der Waals surface area (Å²) >= 11 is 1.29. The number of carbonyl (C=O) groups excluding carboxylic acids is 2. The van der Waals surface area contributed by atoms with Gasteiger partial charge in [0.15, 0.2) is 0 Å². The predicted octanol–water partition coefficient (Wildman–Crippen LogP) is 0.311. The normalized spacial score (nSPS) is 9.73. The minimum atomic E-state index is -0.298. The summed E-state index contributed by atoms with van der Waals surface area (Å²) in [6.07, 6.45) is 0.366. The molecule has 82 valence electrons. The third-order valence-electron chi connectivity index (χ3n) is 1.54. The molecule has 6 nitrogen and oxygen atoms in total. The number of aromatic nitrogens is 2. The minimum Gasteiger partial charge on any atom is -0.347 e. The minimum absolute atomic E-state index is 0.0364. The molecule has 1 rings (SSSR count). The van der Waals surface area contributed by atoms with E-state index in [-0.39, 0.29) is 18.4 Å². The van der Waals surface area contributed by atoms with Crippen molar-refractivity contribution >= 4 is 28.3 Å². The SMILES string of the molecule is CCC(=O)NCC(=O)Nc1nnc(C)s1. The Morgan fingerprint density at radius 3 is 2.60 bits per heavy atom. The van der Waals surface area contributed by atoms with E-state index in [9.17, 15) is 9.59 Å². The second-order valence-electron chi connectivity index (χ2n) is 2.80. The maximum absolute atomic E-state index is 11.3. The topological polar surface area (TPSA) is 84.0 Å². The van der Waals surface area contributed by atoms with E-state index < -0.39 is 0 Å². The van der Waals surface area contributed by atoms with Gasteiger partial charge in [0.2, 0.25) is 16.9 Å². The molecular formula is C8H12N4O2S. The zero-order valence-corrected chi connectivity index (χ0v) is 9.35. The Kier molecular flexibility index (Phi) is 4.17. The van der Waals surface area contributed by atoms with Gasteiger partial charge in [-0.1, -0.05) is 18.3 Å². The van der Waals surface area contributed by atoms with Crippen molar-refractivity contribution in [2.24, 2.45) is 0 Å². The molecule has 0 aliphatic carbocycles. The second kappa shape index (κ2) is 5.40. The third-order valence-corrected chi connectivity index (χ3v) is 2.29. The summed E-state index contributed by atoms with van der Waals surface area (Å²) in [5.74, 6) is -0.452. The van der Waals surface area contributed by atoms with Crippen molar-refractivity contribution in [1.82, 2.24) is 15.5 Å². The quantitative estimate of drug-likeness (QED) is 0.777. The molecule has 0 bridgehead atoms. The fourth-order valence-corrected chi connectivity index (χ4v) is 1.42. The highest BCUT2D eigenvalue weighted by atomic mass is 32.1. The number of anilines is 1. The Morgan fingerprint density at radius 1 is 1.33 bits per heavy atom. The van der Waals surface area contributed by atoms with Crippen molar-refractivity contribution < 1.29 is 9.59 Å². The Morgan fingerprint density at radius 2 is 2.07 bits per heavy atom. The molecule has 0 radical (unpaired) electrons. The van der Waals surface area contributed by atoms with Gasteiger partial charge in [-0.2, -0.15) is 0 Å². The molecule has 0 aliphatic heterocycles. The van der Waals surface area contributed by atoms with Crippen molar-refractivity contribution in [3.63, 3.8) is 0 Å². The number of amides is 2. The number of carbonyl (C=O) groups is 2. The van der Waals surface area contributed by atoms with Crippen LogP contribution in [-0.2, 0) is 9.59 Å². The van der Waals surface area contributed by atoms with Crippen LogP contribution in [0.4, 0.5) is 5.13 Å². The van der Waals surface area contributed by atoms with E-state index in [4.69, 9.17) is 0 Å². The molecule has 0 saturated heterocycles. The first-order chi connectivity index (χ1) is 7.11. The molecule has 0 unspecified atom stereocenters. The maximum atomic E-state index is 11.3. The molecule has 0 atom stereocenters. The zero-order chi connectivity index (χ0) is 11.3. The smallest absolute Gasteiger partial charge is 0.245 e. The second-order valence-corrected chi connectivity index (χ2v) is 3.99. The molecule has 2 N–H and O–H groups in total. The van der Waals surface area contributed by atoms with Crippen molar-refractivity contribution in [3.05, 3.63) is 5.01 Å². The van der Waals surface area contributed by atoms with Gasteiger partial charge in [-0.25, -0.2) is 0 Å². The van der Waals surface area contributed by atoms with Crippen LogP contribution in [-0.4, -0.2) is 28.6 Å². The highest BCUT2D eigenvalue weighted by Crippen LogP contribution is 2.12. The van der Waals surface area contributed by atoms with Gasteiger partial charge in [-0.05, 0) is 6.92 Å². The number of rotatable bonds is 4. The lowest BCUT2D eigenvalue weighted by Gasteiger charge is -2.02. The monoisotopic (exact) mass is 228 g/mol. The number of hydrogen-bond donors (Lipinski definition) is 2. The lowest BCUT2D eigenvalue weighted by Crippen LogP contribution is -2.32. The van der Waals surface area contributed by atoms with Crippen LogP contribution in [0, 0.1) is 6.92 Å². The van der Waals surface area contributed by atoms with Crippen molar-refractivity contribution in [2.75, 3.05) is 11.9 Å². The molecule has 0 saturated carbocycles. The first-order valence-corrected chi connectivity index (χ1v) is 5.30. The molecule has 1 aromatic heterocycles. The van der Waals surface area contributed by atoms with Crippen LogP contribution in [0.25, 0.3) is 0 Å². The lowest BCUT2D eigenvalue weighted by molar-refractivity contribution is -0.123. The summed E-state index contributed by atoms with van der Waals surface area (Å²) in [4.78, 5) is 22.1. The van der Waals surface area contributed by atoms with E-state index in [1.54, 1.807) is 13.8 Å². The highest BCUT2D eigenvalue weighted by molar-refractivity contribution is 7.15. The predicted molar refractivity (Wildman–Crippen MR) is 56.6 cm³/mol. The standard InChI is InChI=1S/C8H12N4O2S/c1-3-6(13)9-4-7(14)10-8-12-11-5(2)15-8/h3-4H2,1-2H3,(H,9,13)(H,10,12,14). The van der Waals surface area contributed by atoms with Gasteiger partial charge in [0, 0.05) is 6.42 Å². The Bertz CT molecular complexity index is 363. The van der Waals surface area contributed by atoms with Crippen LogP contribution in [0.1, 0.15) is 18.4 Å². The van der Waals surface area contributed by atoms with Crippen molar-refractivity contribution in [1.29, 1.82) is 0 Å². The fraction of sp³-hybridized carbons (Fsp3) is 0.500. The number of nitrogens with one attached hydrogen (secondary N) is 2. The van der Waals surface area contributed by atoms with Crippen molar-refractivity contribution in [2.45, 2.75) is 20.3 Å². The van der Waals surface area contributed by atoms with Gasteiger partial charge >= 0.3 is 0 Å². The molecule has 7 heteroatoms. The molecule has 0 spiro atoms. The molecule has 0 aliphatic rings. The van der Waals surface area contributed by atoms with Gasteiger partial charge in [0.05, 0.1) is 6.54 Å². The lowest BCUT2D eigenvalue weighted by atomic mass is 10.4. The van der Waals surface area contributed by atoms with E-state index in [2.05, 4.69) is 20.8 Å². The van der Waals surface area contributed by atoms with Crippen LogP contribution in [0.5, 0.6) is 0 Å². The summed E-state index contributed by atoms with van der Waals surface area (Å²) in [6.45, 7) is 3.48. The average Bonchev–Trinajstić information content (AvgIpc) is 2.60. The first-order valence-electron chi connectivity index (χ1n) is 4.48. The number of nitrogens with zero attached hydrogens (tertiary/aromatic N) is 2. The van der Waals surface area contributed by atoms with E-state index >= 15 is 0 Å². The van der Waals surface area contributed by atoms with Crippen LogP contribution in [0.2, 0.25) is 0 Å². The number of aryl methyl sites for hydroxylation is 1. The molecule has 0 fully saturated rings. The Labute approximate surface area is 91.1 Å². The molecule has 0 aromatic carbocycles. The van der Waals surface area contributed by atoms with Crippen LogP contribution >= 0.6 is 11.3 Å². The van der Waals surface area contributed by atoms with Gasteiger partial charge in [-0.15, -0.1) is 10.2 Å². The largest absolute Gasteiger partial charge is 0.347 e. The van der Waals surface area contributed by atoms with Gasteiger partial charge in [-0.3, -0.25) is 14.9 Å². The summed E-state index contributed by atoms with van der Waals surface area (Å²) in [7, 11) is 0. The van der Waals surface area contributed by atoms with Gasteiger partial charge < -0.3 is 5.32 Å². The van der Waals surface area contributed by atoms with Crippen LogP contribution < -0.4 is 10.6 Å². The van der Waals surface area contributed by atoms with E-state index in [0.717, 1.165) is 5.01 Å². The molecule has 1 aromatic rings. The van der Waals surface area contributed by atoms with Crippen LogP contribution in [0.3, 0.4) is 0 Å². The molecule has 1 heterocycles. The summed E-state index contributed by atoms with van der Waals surface area (Å²) in [6, 6.07) is 0. The Hall–Kier alpha value is -1.50. The van der Waals surface area contributed by atoms with Gasteiger partial charge in [0.25, 0.3) is 0 Å². The van der Waals surface area contributed by atoms with E-state index in [1.165, 1.54) is 11.3 Å². The highest BCUT2D eigenvalue weighted by Gasteiger charge is 2.06. The first kappa shape index (κ1) is 11.6. The summed E-state index contributed by atoms with van der Waals surface area (Å²) in [5, 5.41) is 13.7. The Balaban J connectivity index is 2.33. The summed E-state index contributed by atoms with van der Waals surface area (Å²) < 4.78 is 0. The third kappa shape index (κ3) is 4.03. The molecule has 15 heavy (non-hydrogen) atoms. The average molecular weight is 228 g/mol. The van der Waals surface area contributed by atoms with Gasteiger partial charge in [0.1, 0.15) is 5.01 Å². The van der Waals surface area contributed by atoms with E-state index in [0.29, 0.717) is 11.6 Å². The number of hydrogen-bond acceptors (Lipinski definition) is 5. The molecule has 2 amide bonds. The fourth-order valence-electron chi connectivity index (χ4n) is 0.814. The maximum Gasteiger partial charge on any atom is 0.245 e. The summed E-state index contributed by atoms with van der Waals surface area (Å²) in [5.41, 5.74) is 0. The van der Waals surface area contributed by atoms with E-state index in [1.807, 2.05) is 0 Å². The van der Waals surface area contributed by atoms with Crippen LogP contribution in [0.15, 0.2) is 0 Å².